The number of carbonyl (C=O) groups excluding carboxylic acids is 2. The summed E-state index contributed by atoms with van der Waals surface area (Å²) >= 11 is 0. The predicted octanol–water partition coefficient (Wildman–Crippen LogP) is 4.66. The fourth-order valence-electron chi connectivity index (χ4n) is 2.40. The van der Waals surface area contributed by atoms with E-state index in [2.05, 4.69) is 12.1 Å². The zero-order valence-electron chi connectivity index (χ0n) is 13.5. The van der Waals surface area contributed by atoms with Gasteiger partial charge in [0.2, 0.25) is 0 Å². The van der Waals surface area contributed by atoms with Crippen LogP contribution in [0.2, 0.25) is 0 Å². The summed E-state index contributed by atoms with van der Waals surface area (Å²) in [7, 11) is 0. The Morgan fingerprint density at radius 3 is 2.13 bits per heavy atom. The van der Waals surface area contributed by atoms with E-state index in [1.807, 2.05) is 42.5 Å². The Hall–Kier alpha value is -2.42. The van der Waals surface area contributed by atoms with Crippen molar-refractivity contribution in [2.45, 2.75) is 32.6 Å². The minimum absolute atomic E-state index is 0.164. The highest BCUT2D eigenvalue weighted by molar-refractivity contribution is 5.96. The summed E-state index contributed by atoms with van der Waals surface area (Å²) in [4.78, 5) is 22.8. The highest BCUT2D eigenvalue weighted by Crippen LogP contribution is 2.20. The zero-order valence-corrected chi connectivity index (χ0v) is 13.5. The molecule has 0 bridgehead atoms. The molecular formula is C20H22O3. The molecule has 2 aromatic carbocycles. The molecule has 2 aromatic rings. The lowest BCUT2D eigenvalue weighted by atomic mass is 10.0. The number of hydrogen-bond donors (Lipinski definition) is 0. The van der Waals surface area contributed by atoms with Crippen molar-refractivity contribution in [3.8, 4) is 11.1 Å². The van der Waals surface area contributed by atoms with E-state index in [4.69, 9.17) is 4.74 Å². The molecule has 0 aliphatic rings. The van der Waals surface area contributed by atoms with Crippen LogP contribution < -0.4 is 0 Å². The third-order valence-corrected chi connectivity index (χ3v) is 3.67. The van der Waals surface area contributed by atoms with Crippen LogP contribution in [-0.4, -0.2) is 18.4 Å². The van der Waals surface area contributed by atoms with Gasteiger partial charge in [0.1, 0.15) is 0 Å². The Morgan fingerprint density at radius 2 is 1.48 bits per heavy atom. The van der Waals surface area contributed by atoms with Crippen LogP contribution in [0.25, 0.3) is 11.1 Å². The quantitative estimate of drug-likeness (QED) is 0.404. The maximum atomic E-state index is 12.1. The minimum atomic E-state index is -0.250. The van der Waals surface area contributed by atoms with Crippen LogP contribution in [-0.2, 0) is 9.53 Å². The van der Waals surface area contributed by atoms with Crippen LogP contribution in [0, 0.1) is 0 Å². The van der Waals surface area contributed by atoms with Gasteiger partial charge >= 0.3 is 5.97 Å². The second-order valence-corrected chi connectivity index (χ2v) is 5.52. The summed E-state index contributed by atoms with van der Waals surface area (Å²) in [5.41, 5.74) is 3.02. The Bertz CT molecular complexity index is 630. The number of hydrogen-bond acceptors (Lipinski definition) is 3. The lowest BCUT2D eigenvalue weighted by Crippen LogP contribution is -2.02. The summed E-state index contributed by atoms with van der Waals surface area (Å²) in [6.45, 7) is 1.85. The fourth-order valence-corrected chi connectivity index (χ4v) is 2.40. The molecule has 0 aliphatic heterocycles. The first-order valence-electron chi connectivity index (χ1n) is 7.99. The summed E-state index contributed by atoms with van der Waals surface area (Å²) in [6, 6.07) is 17.9. The van der Waals surface area contributed by atoms with Gasteiger partial charge in [0, 0.05) is 18.9 Å². The van der Waals surface area contributed by atoms with E-state index in [-0.39, 0.29) is 11.8 Å². The monoisotopic (exact) mass is 310 g/mol. The van der Waals surface area contributed by atoms with Crippen molar-refractivity contribution in [1.29, 1.82) is 0 Å². The first kappa shape index (κ1) is 16.9. The van der Waals surface area contributed by atoms with Gasteiger partial charge in [0.15, 0.2) is 5.78 Å². The molecule has 0 spiro atoms. The molecule has 0 heterocycles. The smallest absolute Gasteiger partial charge is 0.302 e. The van der Waals surface area contributed by atoms with Gasteiger partial charge in [-0.3, -0.25) is 9.59 Å². The molecular weight excluding hydrogens is 288 g/mol. The highest BCUT2D eigenvalue weighted by atomic mass is 16.5. The number of carbonyl (C=O) groups is 2. The van der Waals surface area contributed by atoms with Crippen molar-refractivity contribution in [3.05, 3.63) is 60.2 Å². The van der Waals surface area contributed by atoms with Gasteiger partial charge in [0.05, 0.1) is 6.61 Å². The van der Waals surface area contributed by atoms with Gasteiger partial charge in [-0.2, -0.15) is 0 Å². The molecule has 0 N–H and O–H groups in total. The van der Waals surface area contributed by atoms with E-state index < -0.39 is 0 Å². The average molecular weight is 310 g/mol. The summed E-state index contributed by atoms with van der Waals surface area (Å²) in [6.07, 6.45) is 3.05. The lowest BCUT2D eigenvalue weighted by Gasteiger charge is -2.05. The van der Waals surface area contributed by atoms with Crippen LogP contribution >= 0.6 is 0 Å². The van der Waals surface area contributed by atoms with Crippen molar-refractivity contribution in [2.75, 3.05) is 6.61 Å². The lowest BCUT2D eigenvalue weighted by molar-refractivity contribution is -0.141. The molecule has 120 valence electrons. The molecule has 3 nitrogen and oxygen atoms in total. The molecule has 0 fully saturated rings. The van der Waals surface area contributed by atoms with E-state index >= 15 is 0 Å². The molecule has 0 saturated heterocycles. The summed E-state index contributed by atoms with van der Waals surface area (Å²) < 4.78 is 4.86. The van der Waals surface area contributed by atoms with Crippen LogP contribution in [0.5, 0.6) is 0 Å². The number of ketones is 1. The van der Waals surface area contributed by atoms with Crippen molar-refractivity contribution in [1.82, 2.24) is 0 Å². The van der Waals surface area contributed by atoms with E-state index in [9.17, 15) is 9.59 Å². The van der Waals surface area contributed by atoms with Gasteiger partial charge in [-0.05, 0) is 30.4 Å². The fraction of sp³-hybridized carbons (Fsp3) is 0.300. The Labute approximate surface area is 137 Å². The normalized spacial score (nSPS) is 10.3. The molecule has 0 atom stereocenters. The number of rotatable bonds is 8. The molecule has 2 rings (SSSR count). The minimum Gasteiger partial charge on any atom is -0.466 e. The first-order chi connectivity index (χ1) is 11.2. The van der Waals surface area contributed by atoms with Crippen molar-refractivity contribution in [2.24, 2.45) is 0 Å². The highest BCUT2D eigenvalue weighted by Gasteiger charge is 2.06. The molecule has 0 aromatic heterocycles. The second kappa shape index (κ2) is 8.89. The third-order valence-electron chi connectivity index (χ3n) is 3.67. The first-order valence-corrected chi connectivity index (χ1v) is 7.99. The third kappa shape index (κ3) is 5.70. The van der Waals surface area contributed by atoms with E-state index in [0.29, 0.717) is 13.0 Å². The Morgan fingerprint density at radius 1 is 0.826 bits per heavy atom. The van der Waals surface area contributed by atoms with Gasteiger partial charge in [-0.1, -0.05) is 54.6 Å². The van der Waals surface area contributed by atoms with Crippen LogP contribution in [0.1, 0.15) is 43.0 Å². The standard InChI is InChI=1S/C20H22O3/c1-16(21)23-15-7-3-6-10-20(22)19-13-11-18(12-14-19)17-8-4-2-5-9-17/h2,4-5,8-9,11-14H,3,6-7,10,15H2,1H3. The topological polar surface area (TPSA) is 43.4 Å². The molecule has 0 aliphatic carbocycles. The van der Waals surface area contributed by atoms with E-state index in [1.54, 1.807) is 0 Å². The molecule has 23 heavy (non-hydrogen) atoms. The van der Waals surface area contributed by atoms with Gasteiger partial charge in [-0.15, -0.1) is 0 Å². The maximum Gasteiger partial charge on any atom is 0.302 e. The number of benzene rings is 2. The van der Waals surface area contributed by atoms with Gasteiger partial charge in [-0.25, -0.2) is 0 Å². The summed E-state index contributed by atoms with van der Waals surface area (Å²) in [5.74, 6) is -0.0864. The largest absolute Gasteiger partial charge is 0.466 e. The van der Waals surface area contributed by atoms with Crippen LogP contribution in [0.3, 0.4) is 0 Å². The zero-order chi connectivity index (χ0) is 16.5. The summed E-state index contributed by atoms with van der Waals surface area (Å²) in [5, 5.41) is 0. The number of esters is 1. The SMILES string of the molecule is CC(=O)OCCCCCC(=O)c1ccc(-c2ccccc2)cc1. The number of ether oxygens (including phenoxy) is 1. The van der Waals surface area contributed by atoms with Crippen LogP contribution in [0.15, 0.2) is 54.6 Å². The average Bonchev–Trinajstić information content (AvgIpc) is 2.58. The number of Topliss-reactive ketones (excluding diaryl/α,β-unsaturated/α-hetero) is 1. The molecule has 0 amide bonds. The van der Waals surface area contributed by atoms with Gasteiger partial charge < -0.3 is 4.74 Å². The molecule has 3 heteroatoms. The Kier molecular flexibility index (Phi) is 6.55. The molecule has 0 radical (unpaired) electrons. The van der Waals surface area contributed by atoms with E-state index in [1.165, 1.54) is 6.92 Å². The molecule has 0 saturated carbocycles. The van der Waals surface area contributed by atoms with Crippen molar-refractivity contribution in [3.63, 3.8) is 0 Å². The molecule has 0 unspecified atom stereocenters. The predicted molar refractivity (Wildman–Crippen MR) is 91.3 cm³/mol. The van der Waals surface area contributed by atoms with Crippen molar-refractivity contribution < 1.29 is 14.3 Å². The van der Waals surface area contributed by atoms with Crippen LogP contribution in [0.4, 0.5) is 0 Å². The second-order valence-electron chi connectivity index (χ2n) is 5.52. The Balaban J connectivity index is 1.78. The maximum absolute atomic E-state index is 12.1. The number of unbranched alkanes of at least 4 members (excludes halogenated alkanes) is 2. The van der Waals surface area contributed by atoms with E-state index in [0.717, 1.165) is 36.0 Å². The van der Waals surface area contributed by atoms with Gasteiger partial charge in [0.25, 0.3) is 0 Å². The van der Waals surface area contributed by atoms with Crippen molar-refractivity contribution >= 4 is 11.8 Å².